The van der Waals surface area contributed by atoms with Crippen molar-refractivity contribution in [2.24, 2.45) is 0 Å². The lowest BCUT2D eigenvalue weighted by Crippen LogP contribution is -2.43. The maximum Gasteiger partial charge on any atom is 0.423 e. The molecule has 0 spiro atoms. The molecule has 0 fully saturated rings. The summed E-state index contributed by atoms with van der Waals surface area (Å²) in [5.74, 6) is -4.02. The first-order valence-electron chi connectivity index (χ1n) is 11.6. The smallest absolute Gasteiger partial charge is 0.388 e. The van der Waals surface area contributed by atoms with Crippen LogP contribution >= 0.6 is 33.2 Å². The molecule has 0 amide bonds. The summed E-state index contributed by atoms with van der Waals surface area (Å²) in [4.78, 5) is 34.2. The van der Waals surface area contributed by atoms with Gasteiger partial charge in [0.05, 0.1) is 6.42 Å². The number of esters is 3. The first kappa shape index (κ1) is 31.5. The standard InChI is InChI=1S/C22H39Cl3O6Si/c1-19(26)29-22(30-20(2)27,31-21(3)28)17-15-13-11-9-7-5-4-6-8-10-12-14-16-18-32(23,24)25/h4-18H2,1-3H3. The number of unbranched alkanes of at least 4 members (excludes halogenated alkanes) is 12. The summed E-state index contributed by atoms with van der Waals surface area (Å²) in [5.41, 5.74) is 0. The van der Waals surface area contributed by atoms with Gasteiger partial charge in [0.25, 0.3) is 0 Å². The third kappa shape index (κ3) is 20.1. The van der Waals surface area contributed by atoms with Gasteiger partial charge in [-0.3, -0.25) is 14.4 Å². The van der Waals surface area contributed by atoms with Crippen molar-refractivity contribution >= 4 is 57.1 Å². The van der Waals surface area contributed by atoms with Gasteiger partial charge in [-0.25, -0.2) is 0 Å². The molecule has 0 radical (unpaired) electrons. The maximum atomic E-state index is 11.4. The van der Waals surface area contributed by atoms with Crippen LogP contribution in [0, 0.1) is 0 Å². The first-order chi connectivity index (χ1) is 15.0. The highest BCUT2D eigenvalue weighted by Gasteiger charge is 2.41. The molecule has 6 nitrogen and oxygen atoms in total. The van der Waals surface area contributed by atoms with Gasteiger partial charge in [0.1, 0.15) is 0 Å². The first-order valence-corrected chi connectivity index (χ1v) is 16.9. The summed E-state index contributed by atoms with van der Waals surface area (Å²) in [6.45, 7) is 3.53. The van der Waals surface area contributed by atoms with E-state index in [1.807, 2.05) is 0 Å². The maximum absolute atomic E-state index is 11.4. The van der Waals surface area contributed by atoms with Gasteiger partial charge in [0.2, 0.25) is 0 Å². The van der Waals surface area contributed by atoms with E-state index in [2.05, 4.69) is 0 Å². The Morgan fingerprint density at radius 2 is 0.844 bits per heavy atom. The van der Waals surface area contributed by atoms with Gasteiger partial charge in [-0.1, -0.05) is 77.0 Å². The van der Waals surface area contributed by atoms with Crippen LogP contribution in [-0.4, -0.2) is 29.9 Å². The molecule has 188 valence electrons. The van der Waals surface area contributed by atoms with Crippen LogP contribution in [-0.2, 0) is 28.6 Å². The van der Waals surface area contributed by atoms with Crippen molar-refractivity contribution in [3.63, 3.8) is 0 Å². The molecular formula is C22H39Cl3O6Si. The van der Waals surface area contributed by atoms with Gasteiger partial charge in [-0.15, -0.1) is 33.2 Å². The minimum absolute atomic E-state index is 0.121. The van der Waals surface area contributed by atoms with Crippen LogP contribution in [0.15, 0.2) is 0 Å². The van der Waals surface area contributed by atoms with Crippen molar-refractivity contribution in [1.29, 1.82) is 0 Å². The molecule has 0 N–H and O–H groups in total. The monoisotopic (exact) mass is 532 g/mol. The van der Waals surface area contributed by atoms with E-state index in [1.165, 1.54) is 65.7 Å². The van der Waals surface area contributed by atoms with Crippen LogP contribution in [0.3, 0.4) is 0 Å². The average molecular weight is 534 g/mol. The number of carbonyl (C=O) groups excluding carboxylic acids is 3. The van der Waals surface area contributed by atoms with Crippen LogP contribution in [0.2, 0.25) is 6.04 Å². The predicted octanol–water partition coefficient (Wildman–Crippen LogP) is 7.45. The molecule has 0 rings (SSSR count). The van der Waals surface area contributed by atoms with Crippen LogP contribution in [0.5, 0.6) is 0 Å². The molecule has 0 unspecified atom stereocenters. The predicted molar refractivity (Wildman–Crippen MR) is 131 cm³/mol. The number of hydrogen-bond acceptors (Lipinski definition) is 6. The Labute approximate surface area is 208 Å². The molecule has 32 heavy (non-hydrogen) atoms. The van der Waals surface area contributed by atoms with Gasteiger partial charge in [0.15, 0.2) is 0 Å². The Hall–Kier alpha value is -0.503. The van der Waals surface area contributed by atoms with Gasteiger partial charge in [-0.05, 0) is 12.5 Å². The highest BCUT2D eigenvalue weighted by atomic mass is 35.8. The van der Waals surface area contributed by atoms with E-state index in [0.29, 0.717) is 6.42 Å². The summed E-state index contributed by atoms with van der Waals surface area (Å²) >= 11 is 17.6. The van der Waals surface area contributed by atoms with Crippen molar-refractivity contribution in [3.05, 3.63) is 0 Å². The summed E-state index contributed by atoms with van der Waals surface area (Å²) in [6, 6.07) is -1.67. The molecule has 0 aromatic heterocycles. The highest BCUT2D eigenvalue weighted by Crippen LogP contribution is 2.28. The average Bonchev–Trinajstić information content (AvgIpc) is 2.62. The van der Waals surface area contributed by atoms with E-state index in [-0.39, 0.29) is 6.42 Å². The molecular weight excluding hydrogens is 495 g/mol. The minimum Gasteiger partial charge on any atom is -0.388 e. The number of ether oxygens (including phenoxy) is 3. The summed E-state index contributed by atoms with van der Waals surface area (Å²) < 4.78 is 15.1. The van der Waals surface area contributed by atoms with Gasteiger partial charge in [-0.2, -0.15) is 0 Å². The Balaban J connectivity index is 3.83. The molecule has 0 atom stereocenters. The highest BCUT2D eigenvalue weighted by molar-refractivity contribution is 7.64. The second-order valence-corrected chi connectivity index (χ2v) is 17.5. The van der Waals surface area contributed by atoms with Crippen molar-refractivity contribution in [2.75, 3.05) is 0 Å². The molecule has 0 saturated heterocycles. The van der Waals surface area contributed by atoms with Crippen molar-refractivity contribution in [2.45, 2.75) is 123 Å². The van der Waals surface area contributed by atoms with Crippen molar-refractivity contribution in [3.8, 4) is 0 Å². The van der Waals surface area contributed by atoms with Gasteiger partial charge in [0, 0.05) is 20.8 Å². The molecule has 0 aliphatic carbocycles. The van der Waals surface area contributed by atoms with E-state index in [4.69, 9.17) is 47.4 Å². The van der Waals surface area contributed by atoms with E-state index in [9.17, 15) is 14.4 Å². The zero-order valence-electron chi connectivity index (χ0n) is 19.7. The Kier molecular flexibility index (Phi) is 17.6. The molecule has 0 bridgehead atoms. The third-order valence-electron chi connectivity index (χ3n) is 4.84. The zero-order chi connectivity index (χ0) is 24.5. The van der Waals surface area contributed by atoms with Crippen LogP contribution in [0.4, 0.5) is 0 Å². The summed E-state index contributed by atoms with van der Waals surface area (Å²) in [6.07, 6.45) is 14.5. The minimum atomic E-state index is -2.43. The van der Waals surface area contributed by atoms with Crippen LogP contribution in [0.1, 0.15) is 111 Å². The van der Waals surface area contributed by atoms with Crippen LogP contribution < -0.4 is 0 Å². The Bertz CT molecular complexity index is 513. The van der Waals surface area contributed by atoms with E-state index < -0.39 is 29.9 Å². The topological polar surface area (TPSA) is 78.9 Å². The largest absolute Gasteiger partial charge is 0.423 e. The van der Waals surface area contributed by atoms with Crippen molar-refractivity contribution < 1.29 is 28.6 Å². The van der Waals surface area contributed by atoms with Crippen molar-refractivity contribution in [1.82, 2.24) is 0 Å². The summed E-state index contributed by atoms with van der Waals surface area (Å²) in [5, 5.41) is 0. The fourth-order valence-corrected chi connectivity index (χ4v) is 5.34. The van der Waals surface area contributed by atoms with Gasteiger partial charge >= 0.3 is 29.9 Å². The van der Waals surface area contributed by atoms with Gasteiger partial charge < -0.3 is 14.2 Å². The second-order valence-electron chi connectivity index (χ2n) is 8.18. The number of rotatable bonds is 19. The molecule has 0 aliphatic heterocycles. The van der Waals surface area contributed by atoms with E-state index >= 15 is 0 Å². The SMILES string of the molecule is CC(=O)OC(CCCCCCCCCCCCCCC[Si](Cl)(Cl)Cl)(OC(C)=O)OC(C)=O. The normalized spacial score (nSPS) is 11.8. The Morgan fingerprint density at radius 1 is 0.562 bits per heavy atom. The lowest BCUT2D eigenvalue weighted by Gasteiger charge is -2.30. The number of halogens is 3. The third-order valence-corrected chi connectivity index (χ3v) is 7.46. The fourth-order valence-electron chi connectivity index (χ4n) is 3.48. The molecule has 10 heteroatoms. The van der Waals surface area contributed by atoms with Crippen LogP contribution in [0.25, 0.3) is 0 Å². The molecule has 0 heterocycles. The molecule has 0 aliphatic rings. The number of hydrogen-bond donors (Lipinski definition) is 0. The zero-order valence-corrected chi connectivity index (χ0v) is 23.0. The second kappa shape index (κ2) is 17.9. The molecule has 0 aromatic carbocycles. The lowest BCUT2D eigenvalue weighted by atomic mass is 10.0. The van der Waals surface area contributed by atoms with E-state index in [0.717, 1.165) is 38.1 Å². The Morgan fingerprint density at radius 3 is 1.12 bits per heavy atom. The lowest BCUT2D eigenvalue weighted by molar-refractivity contribution is -0.330. The fraction of sp³-hybridized carbons (Fsp3) is 0.864. The quantitative estimate of drug-likeness (QED) is 0.0564. The number of carbonyl (C=O) groups is 3. The molecule has 0 saturated carbocycles. The summed E-state index contributed by atoms with van der Waals surface area (Å²) in [7, 11) is 0. The van der Waals surface area contributed by atoms with E-state index in [1.54, 1.807) is 0 Å². The molecule has 0 aromatic rings.